The third kappa shape index (κ3) is 4.07. The van der Waals surface area contributed by atoms with Crippen LogP contribution >= 0.6 is 0 Å². The average Bonchev–Trinajstić information content (AvgIpc) is 3.00. The number of likely N-dealkylation sites (tertiary alicyclic amines) is 1. The third-order valence-electron chi connectivity index (χ3n) is 4.16. The Bertz CT molecular complexity index is 562. The number of urea groups is 1. The minimum Gasteiger partial charge on any atom is -0.454 e. The van der Waals surface area contributed by atoms with E-state index in [9.17, 15) is 4.79 Å². The minimum absolute atomic E-state index is 0.00192. The molecule has 3 rings (SSSR count). The van der Waals surface area contributed by atoms with Gasteiger partial charge in [0.05, 0.1) is 0 Å². The first-order chi connectivity index (χ1) is 11.1. The number of hydrogen-bond donors (Lipinski definition) is 2. The summed E-state index contributed by atoms with van der Waals surface area (Å²) in [4.78, 5) is 14.3. The molecule has 23 heavy (non-hydrogen) atoms. The standard InChI is InChI=1S/C17H25N3O3/c1-12(2)19-14-4-3-7-20(10-14)17(21)18-9-13-5-6-15-16(8-13)23-11-22-15/h5-6,8,12,14,19H,3-4,7,9-11H2,1-2H3,(H,18,21). The molecule has 1 fully saturated rings. The van der Waals surface area contributed by atoms with Crippen molar-refractivity contribution in [2.75, 3.05) is 19.9 Å². The summed E-state index contributed by atoms with van der Waals surface area (Å²) in [6, 6.07) is 6.58. The highest BCUT2D eigenvalue weighted by Crippen LogP contribution is 2.32. The molecule has 1 aromatic rings. The number of carbonyl (C=O) groups excluding carboxylic acids is 1. The number of amides is 2. The highest BCUT2D eigenvalue weighted by atomic mass is 16.7. The Morgan fingerprint density at radius 2 is 2.17 bits per heavy atom. The Balaban J connectivity index is 1.51. The molecule has 2 aliphatic rings. The molecular weight excluding hydrogens is 294 g/mol. The molecule has 2 amide bonds. The lowest BCUT2D eigenvalue weighted by molar-refractivity contribution is 0.170. The smallest absolute Gasteiger partial charge is 0.317 e. The third-order valence-corrected chi connectivity index (χ3v) is 4.16. The van der Waals surface area contributed by atoms with Crippen molar-refractivity contribution >= 4 is 6.03 Å². The van der Waals surface area contributed by atoms with Crippen LogP contribution in [0.1, 0.15) is 32.3 Å². The Kier molecular flexibility index (Phi) is 4.91. The summed E-state index contributed by atoms with van der Waals surface area (Å²) in [7, 11) is 0. The van der Waals surface area contributed by atoms with Crippen molar-refractivity contribution in [3.05, 3.63) is 23.8 Å². The Morgan fingerprint density at radius 3 is 3.00 bits per heavy atom. The molecule has 0 aliphatic carbocycles. The summed E-state index contributed by atoms with van der Waals surface area (Å²) in [6.45, 7) is 6.63. The van der Waals surface area contributed by atoms with E-state index in [0.29, 0.717) is 18.6 Å². The molecular formula is C17H25N3O3. The lowest BCUT2D eigenvalue weighted by Crippen LogP contribution is -2.52. The second-order valence-corrected chi connectivity index (χ2v) is 6.45. The maximum Gasteiger partial charge on any atom is 0.317 e. The zero-order chi connectivity index (χ0) is 16.2. The van der Waals surface area contributed by atoms with Crippen molar-refractivity contribution in [1.82, 2.24) is 15.5 Å². The summed E-state index contributed by atoms with van der Waals surface area (Å²) in [6.07, 6.45) is 2.17. The highest BCUT2D eigenvalue weighted by Gasteiger charge is 2.23. The predicted octanol–water partition coefficient (Wildman–Crippen LogP) is 2.09. The second-order valence-electron chi connectivity index (χ2n) is 6.45. The van der Waals surface area contributed by atoms with Gasteiger partial charge in [0, 0.05) is 31.7 Å². The van der Waals surface area contributed by atoms with E-state index >= 15 is 0 Å². The van der Waals surface area contributed by atoms with Crippen LogP contribution in [0.25, 0.3) is 0 Å². The maximum absolute atomic E-state index is 12.4. The average molecular weight is 319 g/mol. The molecule has 1 unspecified atom stereocenters. The van der Waals surface area contributed by atoms with Gasteiger partial charge >= 0.3 is 6.03 Å². The van der Waals surface area contributed by atoms with Gasteiger partial charge in [0.15, 0.2) is 11.5 Å². The molecule has 0 saturated carbocycles. The van der Waals surface area contributed by atoms with Gasteiger partial charge in [-0.1, -0.05) is 19.9 Å². The van der Waals surface area contributed by atoms with Gasteiger partial charge in [-0.05, 0) is 30.5 Å². The van der Waals surface area contributed by atoms with Crippen molar-refractivity contribution in [3.63, 3.8) is 0 Å². The van der Waals surface area contributed by atoms with Gasteiger partial charge in [0.2, 0.25) is 6.79 Å². The number of piperidine rings is 1. The number of carbonyl (C=O) groups is 1. The zero-order valence-corrected chi connectivity index (χ0v) is 13.8. The van der Waals surface area contributed by atoms with Gasteiger partial charge in [-0.15, -0.1) is 0 Å². The topological polar surface area (TPSA) is 62.8 Å². The minimum atomic E-state index is -0.00192. The molecule has 1 saturated heterocycles. The number of benzene rings is 1. The summed E-state index contributed by atoms with van der Waals surface area (Å²) in [5.74, 6) is 1.51. The van der Waals surface area contributed by atoms with E-state index in [1.807, 2.05) is 23.1 Å². The van der Waals surface area contributed by atoms with Crippen LogP contribution in [0.4, 0.5) is 4.79 Å². The number of rotatable bonds is 4. The van der Waals surface area contributed by atoms with Crippen LogP contribution in [0.2, 0.25) is 0 Å². The molecule has 0 spiro atoms. The lowest BCUT2D eigenvalue weighted by atomic mass is 10.1. The van der Waals surface area contributed by atoms with E-state index in [1.165, 1.54) is 0 Å². The summed E-state index contributed by atoms with van der Waals surface area (Å²) in [5.41, 5.74) is 1.01. The van der Waals surface area contributed by atoms with E-state index < -0.39 is 0 Å². The van der Waals surface area contributed by atoms with Crippen LogP contribution in [0.5, 0.6) is 11.5 Å². The van der Waals surface area contributed by atoms with Crippen LogP contribution in [0.15, 0.2) is 18.2 Å². The van der Waals surface area contributed by atoms with Crippen molar-refractivity contribution < 1.29 is 14.3 Å². The Morgan fingerprint density at radius 1 is 1.35 bits per heavy atom. The van der Waals surface area contributed by atoms with Gasteiger partial charge in [-0.2, -0.15) is 0 Å². The van der Waals surface area contributed by atoms with E-state index in [0.717, 1.165) is 43.0 Å². The number of nitrogens with zero attached hydrogens (tertiary/aromatic N) is 1. The van der Waals surface area contributed by atoms with Crippen molar-refractivity contribution in [1.29, 1.82) is 0 Å². The Hall–Kier alpha value is -1.95. The first-order valence-corrected chi connectivity index (χ1v) is 8.29. The molecule has 0 radical (unpaired) electrons. The SMILES string of the molecule is CC(C)NC1CCCN(C(=O)NCc2ccc3c(c2)OCO3)C1. The molecule has 126 valence electrons. The quantitative estimate of drug-likeness (QED) is 0.892. The van der Waals surface area contributed by atoms with Crippen LogP contribution in [-0.2, 0) is 6.54 Å². The van der Waals surface area contributed by atoms with Crippen LogP contribution in [0, 0.1) is 0 Å². The summed E-state index contributed by atoms with van der Waals surface area (Å²) >= 11 is 0. The fourth-order valence-corrected chi connectivity index (χ4v) is 3.11. The number of nitrogens with one attached hydrogen (secondary N) is 2. The molecule has 2 aliphatic heterocycles. The molecule has 1 aromatic carbocycles. The highest BCUT2D eigenvalue weighted by molar-refractivity contribution is 5.74. The molecule has 2 N–H and O–H groups in total. The van der Waals surface area contributed by atoms with Gasteiger partial charge in [0.25, 0.3) is 0 Å². The second kappa shape index (κ2) is 7.08. The fourth-order valence-electron chi connectivity index (χ4n) is 3.11. The monoisotopic (exact) mass is 319 g/mol. The lowest BCUT2D eigenvalue weighted by Gasteiger charge is -2.34. The first kappa shape index (κ1) is 15.9. The van der Waals surface area contributed by atoms with E-state index in [1.54, 1.807) is 0 Å². The van der Waals surface area contributed by atoms with Gasteiger partial charge in [-0.3, -0.25) is 0 Å². The van der Waals surface area contributed by atoms with Gasteiger partial charge in [0.1, 0.15) is 0 Å². The molecule has 6 nitrogen and oxygen atoms in total. The van der Waals surface area contributed by atoms with Gasteiger partial charge < -0.3 is 25.0 Å². The molecule has 0 bridgehead atoms. The molecule has 6 heteroatoms. The molecule has 2 heterocycles. The molecule has 0 aromatic heterocycles. The Labute approximate surface area is 137 Å². The summed E-state index contributed by atoms with van der Waals surface area (Å²) in [5, 5.41) is 6.51. The largest absolute Gasteiger partial charge is 0.454 e. The van der Waals surface area contributed by atoms with Crippen molar-refractivity contribution in [3.8, 4) is 11.5 Å². The normalized spacial score (nSPS) is 20.0. The molecule has 1 atom stereocenters. The van der Waals surface area contributed by atoms with Crippen LogP contribution < -0.4 is 20.1 Å². The zero-order valence-electron chi connectivity index (χ0n) is 13.8. The maximum atomic E-state index is 12.4. The predicted molar refractivity (Wildman–Crippen MR) is 87.7 cm³/mol. The number of fused-ring (bicyclic) bond motifs is 1. The van der Waals surface area contributed by atoms with Crippen molar-refractivity contribution in [2.45, 2.75) is 45.3 Å². The van der Waals surface area contributed by atoms with Crippen molar-refractivity contribution in [2.24, 2.45) is 0 Å². The summed E-state index contributed by atoms with van der Waals surface area (Å²) < 4.78 is 10.7. The first-order valence-electron chi connectivity index (χ1n) is 8.29. The fraction of sp³-hybridized carbons (Fsp3) is 0.588. The van der Waals surface area contributed by atoms with Crippen LogP contribution in [0.3, 0.4) is 0 Å². The van der Waals surface area contributed by atoms with Gasteiger partial charge in [-0.25, -0.2) is 4.79 Å². The van der Waals surface area contributed by atoms with E-state index in [-0.39, 0.29) is 12.8 Å². The van der Waals surface area contributed by atoms with E-state index in [4.69, 9.17) is 9.47 Å². The number of ether oxygens (including phenoxy) is 2. The number of hydrogen-bond acceptors (Lipinski definition) is 4. The van der Waals surface area contributed by atoms with Crippen LogP contribution in [-0.4, -0.2) is 42.9 Å². The van der Waals surface area contributed by atoms with E-state index in [2.05, 4.69) is 24.5 Å².